The molecule has 2 aromatic carbocycles. The fourth-order valence-corrected chi connectivity index (χ4v) is 4.12. The fourth-order valence-electron chi connectivity index (χ4n) is 3.05. The SMILES string of the molecule is COCCn1c(=NC(=O)C2COc3ccccc3O2)sc2cccc(OC)c21. The molecule has 8 heteroatoms. The number of aromatic nitrogens is 1. The molecule has 0 aliphatic carbocycles. The van der Waals surface area contributed by atoms with Gasteiger partial charge in [-0.05, 0) is 24.3 Å². The van der Waals surface area contributed by atoms with Crippen molar-refractivity contribution < 1.29 is 23.7 Å². The van der Waals surface area contributed by atoms with Crippen LogP contribution in [0.25, 0.3) is 10.2 Å². The standard InChI is InChI=1S/C20H20N2O5S/c1-24-11-10-22-18-15(25-2)8-5-9-17(18)28-20(22)21-19(23)16-12-26-13-6-3-4-7-14(13)27-16/h3-9,16H,10-12H2,1-2H3. The first kappa shape index (κ1) is 18.5. The van der Waals surface area contributed by atoms with Crippen LogP contribution in [0.5, 0.6) is 17.2 Å². The quantitative estimate of drug-likeness (QED) is 0.658. The minimum absolute atomic E-state index is 0.131. The molecule has 0 radical (unpaired) electrons. The molecule has 7 nitrogen and oxygen atoms in total. The molecule has 0 N–H and O–H groups in total. The largest absolute Gasteiger partial charge is 0.495 e. The number of hydrogen-bond acceptors (Lipinski definition) is 6. The monoisotopic (exact) mass is 400 g/mol. The van der Waals surface area contributed by atoms with E-state index in [0.717, 1.165) is 16.0 Å². The number of thiazole rings is 1. The van der Waals surface area contributed by atoms with Crippen molar-refractivity contribution in [2.24, 2.45) is 4.99 Å². The van der Waals surface area contributed by atoms with Gasteiger partial charge in [-0.2, -0.15) is 4.99 Å². The van der Waals surface area contributed by atoms with Crippen LogP contribution < -0.4 is 19.0 Å². The van der Waals surface area contributed by atoms with Gasteiger partial charge in [0.1, 0.15) is 17.9 Å². The van der Waals surface area contributed by atoms with Crippen molar-refractivity contribution in [2.45, 2.75) is 12.6 Å². The molecule has 1 atom stereocenters. The van der Waals surface area contributed by atoms with E-state index in [2.05, 4.69) is 4.99 Å². The van der Waals surface area contributed by atoms with Gasteiger partial charge in [-0.25, -0.2) is 0 Å². The van der Waals surface area contributed by atoms with Crippen LogP contribution in [0.1, 0.15) is 0 Å². The number of rotatable bonds is 5. The van der Waals surface area contributed by atoms with Crippen LogP contribution in [0.15, 0.2) is 47.5 Å². The van der Waals surface area contributed by atoms with Crippen LogP contribution in [0.2, 0.25) is 0 Å². The highest BCUT2D eigenvalue weighted by Gasteiger charge is 2.27. The number of carbonyl (C=O) groups excluding carboxylic acids is 1. The molecule has 146 valence electrons. The Morgan fingerprint density at radius 1 is 1.21 bits per heavy atom. The lowest BCUT2D eigenvalue weighted by Gasteiger charge is -2.23. The minimum atomic E-state index is -0.780. The van der Waals surface area contributed by atoms with Crippen LogP contribution in [0.4, 0.5) is 0 Å². The zero-order valence-electron chi connectivity index (χ0n) is 15.6. The van der Waals surface area contributed by atoms with Gasteiger partial charge in [0.25, 0.3) is 5.91 Å². The highest BCUT2D eigenvalue weighted by molar-refractivity contribution is 7.16. The molecule has 1 amide bonds. The maximum absolute atomic E-state index is 12.8. The van der Waals surface area contributed by atoms with Gasteiger partial charge in [-0.15, -0.1) is 0 Å². The van der Waals surface area contributed by atoms with E-state index < -0.39 is 6.10 Å². The second-order valence-corrected chi connectivity index (χ2v) is 7.16. The number of benzene rings is 2. The summed E-state index contributed by atoms with van der Waals surface area (Å²) in [5.41, 5.74) is 0.893. The van der Waals surface area contributed by atoms with E-state index in [1.807, 2.05) is 41.0 Å². The second kappa shape index (κ2) is 8.04. The van der Waals surface area contributed by atoms with Gasteiger partial charge in [0.15, 0.2) is 16.3 Å². The third kappa shape index (κ3) is 3.48. The van der Waals surface area contributed by atoms with E-state index in [4.69, 9.17) is 18.9 Å². The molecule has 0 saturated heterocycles. The summed E-state index contributed by atoms with van der Waals surface area (Å²) in [6.07, 6.45) is -0.780. The molecule has 0 fully saturated rings. The molecular weight excluding hydrogens is 380 g/mol. The van der Waals surface area contributed by atoms with Gasteiger partial charge in [0.05, 0.1) is 18.4 Å². The van der Waals surface area contributed by atoms with Crippen LogP contribution >= 0.6 is 11.3 Å². The van der Waals surface area contributed by atoms with Crippen LogP contribution in [0, 0.1) is 0 Å². The normalized spacial score (nSPS) is 16.4. The zero-order valence-corrected chi connectivity index (χ0v) is 16.4. The first-order chi connectivity index (χ1) is 13.7. The topological polar surface area (TPSA) is 71.3 Å². The predicted octanol–water partition coefficient (Wildman–Crippen LogP) is 2.63. The number of methoxy groups -OCH3 is 2. The summed E-state index contributed by atoms with van der Waals surface area (Å²) in [6.45, 7) is 1.17. The van der Waals surface area contributed by atoms with E-state index in [0.29, 0.717) is 29.5 Å². The molecule has 1 aromatic heterocycles. The molecule has 28 heavy (non-hydrogen) atoms. The van der Waals surface area contributed by atoms with Gasteiger partial charge in [-0.3, -0.25) is 4.79 Å². The number of ether oxygens (including phenoxy) is 4. The predicted molar refractivity (Wildman–Crippen MR) is 105 cm³/mol. The van der Waals surface area contributed by atoms with Gasteiger partial charge in [-0.1, -0.05) is 29.5 Å². The number of amides is 1. The highest BCUT2D eigenvalue weighted by Crippen LogP contribution is 2.31. The molecule has 0 bridgehead atoms. The van der Waals surface area contributed by atoms with Crippen LogP contribution in [0.3, 0.4) is 0 Å². The van der Waals surface area contributed by atoms with E-state index in [-0.39, 0.29) is 12.5 Å². The van der Waals surface area contributed by atoms with Crippen molar-refractivity contribution in [1.29, 1.82) is 0 Å². The number of carbonyl (C=O) groups is 1. The van der Waals surface area contributed by atoms with Gasteiger partial charge < -0.3 is 23.5 Å². The summed E-state index contributed by atoms with van der Waals surface area (Å²) >= 11 is 1.43. The smallest absolute Gasteiger partial charge is 0.292 e. The van der Waals surface area contributed by atoms with E-state index in [9.17, 15) is 4.79 Å². The lowest BCUT2D eigenvalue weighted by Crippen LogP contribution is -2.37. The maximum Gasteiger partial charge on any atom is 0.292 e. The lowest BCUT2D eigenvalue weighted by atomic mass is 10.2. The Bertz CT molecular complexity index is 1070. The number of hydrogen-bond donors (Lipinski definition) is 0. The first-order valence-electron chi connectivity index (χ1n) is 8.83. The first-order valence-corrected chi connectivity index (χ1v) is 9.65. The van der Waals surface area contributed by atoms with Crippen molar-refractivity contribution in [2.75, 3.05) is 27.4 Å². The Balaban J connectivity index is 1.71. The lowest BCUT2D eigenvalue weighted by molar-refractivity contribution is -0.127. The Morgan fingerprint density at radius 3 is 2.82 bits per heavy atom. The van der Waals surface area contributed by atoms with Crippen molar-refractivity contribution in [3.63, 3.8) is 0 Å². The Morgan fingerprint density at radius 2 is 2.04 bits per heavy atom. The third-order valence-corrected chi connectivity index (χ3v) is 5.44. The zero-order chi connectivity index (χ0) is 19.5. The van der Waals surface area contributed by atoms with Gasteiger partial charge in [0, 0.05) is 13.7 Å². The fraction of sp³-hybridized carbons (Fsp3) is 0.300. The molecule has 1 aliphatic rings. The molecule has 3 aromatic rings. The molecule has 4 rings (SSSR count). The van der Waals surface area contributed by atoms with Gasteiger partial charge >= 0.3 is 0 Å². The second-order valence-electron chi connectivity index (χ2n) is 6.15. The summed E-state index contributed by atoms with van der Waals surface area (Å²) in [5, 5.41) is 0. The van der Waals surface area contributed by atoms with Crippen molar-refractivity contribution in [3.8, 4) is 17.2 Å². The Hall–Kier alpha value is -2.84. The average molecular weight is 400 g/mol. The van der Waals surface area contributed by atoms with Crippen molar-refractivity contribution in [3.05, 3.63) is 47.3 Å². The summed E-state index contributed by atoms with van der Waals surface area (Å²) in [4.78, 5) is 17.7. The van der Waals surface area contributed by atoms with Crippen molar-refractivity contribution >= 4 is 27.5 Å². The van der Waals surface area contributed by atoms with E-state index in [1.165, 1.54) is 11.3 Å². The van der Waals surface area contributed by atoms with Crippen LogP contribution in [-0.2, 0) is 16.1 Å². The Labute approximate surface area is 165 Å². The van der Waals surface area contributed by atoms with Crippen molar-refractivity contribution in [1.82, 2.24) is 4.57 Å². The Kier molecular flexibility index (Phi) is 5.31. The molecule has 2 heterocycles. The van der Waals surface area contributed by atoms with E-state index in [1.54, 1.807) is 20.3 Å². The molecule has 1 unspecified atom stereocenters. The van der Waals surface area contributed by atoms with Gasteiger partial charge in [0.2, 0.25) is 6.10 Å². The molecule has 0 spiro atoms. The molecule has 0 saturated carbocycles. The number of fused-ring (bicyclic) bond motifs is 2. The van der Waals surface area contributed by atoms with E-state index >= 15 is 0 Å². The minimum Gasteiger partial charge on any atom is -0.495 e. The number of para-hydroxylation sites is 3. The summed E-state index contributed by atoms with van der Waals surface area (Å²) in [7, 11) is 3.26. The maximum atomic E-state index is 12.8. The third-order valence-electron chi connectivity index (χ3n) is 4.39. The molecular formula is C20H20N2O5S. The van der Waals surface area contributed by atoms with Crippen LogP contribution in [-0.4, -0.2) is 44.0 Å². The summed E-state index contributed by atoms with van der Waals surface area (Å²) < 4.78 is 25.1. The average Bonchev–Trinajstić information content (AvgIpc) is 3.08. The summed E-state index contributed by atoms with van der Waals surface area (Å²) in [6, 6.07) is 13.1. The summed E-state index contributed by atoms with van der Waals surface area (Å²) in [5.74, 6) is 1.52. The highest BCUT2D eigenvalue weighted by atomic mass is 32.1. The molecule has 1 aliphatic heterocycles. The number of nitrogens with zero attached hydrogens (tertiary/aromatic N) is 2.